The summed E-state index contributed by atoms with van der Waals surface area (Å²) in [5.74, 6) is -0.161. The van der Waals surface area contributed by atoms with Crippen LogP contribution in [0, 0.1) is 6.92 Å². The van der Waals surface area contributed by atoms with Gasteiger partial charge >= 0.3 is 0 Å². The van der Waals surface area contributed by atoms with Crippen molar-refractivity contribution in [2.45, 2.75) is 19.9 Å². The van der Waals surface area contributed by atoms with Crippen molar-refractivity contribution < 1.29 is 4.79 Å². The van der Waals surface area contributed by atoms with E-state index in [0.717, 1.165) is 21.3 Å². The second-order valence-corrected chi connectivity index (χ2v) is 8.17. The van der Waals surface area contributed by atoms with Crippen LogP contribution in [-0.4, -0.2) is 15.5 Å². The highest BCUT2D eigenvalue weighted by Gasteiger charge is 2.16. The molecule has 30 heavy (non-hydrogen) atoms. The Balaban J connectivity index is 1.55. The molecule has 0 aliphatic rings. The minimum atomic E-state index is -0.161. The maximum Gasteiger partial charge on any atom is 0.270 e. The van der Waals surface area contributed by atoms with Crippen LogP contribution in [0.3, 0.4) is 0 Å². The third kappa shape index (κ3) is 4.21. The fraction of sp³-hybridized carbons (Fsp3) is 0.120. The molecule has 0 saturated carbocycles. The molecule has 4 rings (SSSR count). The summed E-state index contributed by atoms with van der Waals surface area (Å²) in [4.78, 5) is 17.1. The third-order valence-corrected chi connectivity index (χ3v) is 5.72. The predicted molar refractivity (Wildman–Crippen MR) is 124 cm³/mol. The molecule has 0 saturated heterocycles. The standard InChI is InChI=1S/C25H22BrN3O/c1-17-5-3-4-6-23(17)20-9-13-22(14-10-20)29-16-27-15-24(29)25(30)28-18(2)19-7-11-21(26)12-8-19/h3-16,18H,1-2H3,(H,28,30)/t18-/m1/s1. The van der Waals surface area contributed by atoms with E-state index in [-0.39, 0.29) is 11.9 Å². The smallest absolute Gasteiger partial charge is 0.270 e. The van der Waals surface area contributed by atoms with E-state index in [9.17, 15) is 4.79 Å². The first-order valence-electron chi connectivity index (χ1n) is 9.78. The van der Waals surface area contributed by atoms with Crippen LogP contribution >= 0.6 is 15.9 Å². The molecule has 4 aromatic rings. The van der Waals surface area contributed by atoms with Crippen LogP contribution < -0.4 is 5.32 Å². The molecule has 0 spiro atoms. The van der Waals surface area contributed by atoms with Gasteiger partial charge in [-0.05, 0) is 60.4 Å². The maximum absolute atomic E-state index is 12.9. The second kappa shape index (κ2) is 8.67. The normalized spacial score (nSPS) is 11.8. The Labute approximate surface area is 184 Å². The summed E-state index contributed by atoms with van der Waals surface area (Å²) < 4.78 is 2.82. The van der Waals surface area contributed by atoms with Crippen molar-refractivity contribution in [3.05, 3.63) is 107 Å². The average molecular weight is 460 g/mol. The number of amides is 1. The van der Waals surface area contributed by atoms with Crippen molar-refractivity contribution in [2.24, 2.45) is 0 Å². The molecule has 0 aliphatic carbocycles. The van der Waals surface area contributed by atoms with Crippen LogP contribution in [-0.2, 0) is 0 Å². The molecular formula is C25H22BrN3O. The number of benzene rings is 3. The first-order valence-corrected chi connectivity index (χ1v) is 10.6. The molecule has 1 aromatic heterocycles. The Kier molecular flexibility index (Phi) is 5.81. The molecular weight excluding hydrogens is 438 g/mol. The van der Waals surface area contributed by atoms with Gasteiger partial charge in [0.25, 0.3) is 5.91 Å². The summed E-state index contributed by atoms with van der Waals surface area (Å²) in [6.45, 7) is 4.08. The molecule has 150 valence electrons. The number of nitrogens with one attached hydrogen (secondary N) is 1. The molecule has 0 unspecified atom stereocenters. The van der Waals surface area contributed by atoms with Crippen LogP contribution in [0.1, 0.15) is 34.6 Å². The molecule has 5 heteroatoms. The number of hydrogen-bond donors (Lipinski definition) is 1. The van der Waals surface area contributed by atoms with Crippen LogP contribution in [0.4, 0.5) is 0 Å². The highest BCUT2D eigenvalue weighted by molar-refractivity contribution is 9.10. The fourth-order valence-corrected chi connectivity index (χ4v) is 3.74. The van der Waals surface area contributed by atoms with Crippen LogP contribution in [0.15, 0.2) is 89.8 Å². The van der Waals surface area contributed by atoms with Gasteiger partial charge in [0.05, 0.1) is 18.6 Å². The molecule has 3 aromatic carbocycles. The quantitative estimate of drug-likeness (QED) is 0.391. The highest BCUT2D eigenvalue weighted by atomic mass is 79.9. The molecule has 0 radical (unpaired) electrons. The maximum atomic E-state index is 12.9. The first kappa shape index (κ1) is 20.1. The Morgan fingerprint density at radius 2 is 1.70 bits per heavy atom. The topological polar surface area (TPSA) is 46.9 Å². The molecule has 1 heterocycles. The van der Waals surface area contributed by atoms with Crippen molar-refractivity contribution in [3.8, 4) is 16.8 Å². The minimum Gasteiger partial charge on any atom is -0.344 e. The van der Waals surface area contributed by atoms with E-state index in [1.807, 2.05) is 60.0 Å². The Bertz CT molecular complexity index is 1160. The lowest BCUT2D eigenvalue weighted by Gasteiger charge is -2.15. The SMILES string of the molecule is Cc1ccccc1-c1ccc(-n2cncc2C(=O)N[C@H](C)c2ccc(Br)cc2)cc1. The van der Waals surface area contributed by atoms with E-state index >= 15 is 0 Å². The van der Waals surface area contributed by atoms with Crippen molar-refractivity contribution in [1.82, 2.24) is 14.9 Å². The van der Waals surface area contributed by atoms with Gasteiger partial charge in [-0.15, -0.1) is 0 Å². The van der Waals surface area contributed by atoms with Crippen molar-refractivity contribution in [2.75, 3.05) is 0 Å². The molecule has 1 atom stereocenters. The minimum absolute atomic E-state index is 0.114. The lowest BCUT2D eigenvalue weighted by molar-refractivity contribution is 0.0933. The number of nitrogens with zero attached hydrogens (tertiary/aromatic N) is 2. The Morgan fingerprint density at radius 1 is 1.00 bits per heavy atom. The summed E-state index contributed by atoms with van der Waals surface area (Å²) in [6, 6.07) is 24.3. The number of hydrogen-bond acceptors (Lipinski definition) is 2. The number of carbonyl (C=O) groups is 1. The average Bonchev–Trinajstić information content (AvgIpc) is 3.25. The number of halogens is 1. The zero-order valence-corrected chi connectivity index (χ0v) is 18.4. The fourth-order valence-electron chi connectivity index (χ4n) is 3.47. The van der Waals surface area contributed by atoms with Gasteiger partial charge in [0, 0.05) is 10.2 Å². The van der Waals surface area contributed by atoms with Crippen LogP contribution in [0.5, 0.6) is 0 Å². The Morgan fingerprint density at radius 3 is 2.40 bits per heavy atom. The summed E-state index contributed by atoms with van der Waals surface area (Å²) >= 11 is 3.44. The van der Waals surface area contributed by atoms with Gasteiger partial charge in [-0.1, -0.05) is 64.5 Å². The zero-order chi connectivity index (χ0) is 21.1. The van der Waals surface area contributed by atoms with E-state index < -0.39 is 0 Å². The number of aromatic nitrogens is 2. The molecule has 0 bridgehead atoms. The zero-order valence-electron chi connectivity index (χ0n) is 16.8. The van der Waals surface area contributed by atoms with Crippen molar-refractivity contribution >= 4 is 21.8 Å². The monoisotopic (exact) mass is 459 g/mol. The van der Waals surface area contributed by atoms with Gasteiger partial charge in [-0.25, -0.2) is 4.98 Å². The van der Waals surface area contributed by atoms with Crippen molar-refractivity contribution in [3.63, 3.8) is 0 Å². The summed E-state index contributed by atoms with van der Waals surface area (Å²) in [5, 5.41) is 3.06. The lowest BCUT2D eigenvalue weighted by atomic mass is 10.0. The number of carbonyl (C=O) groups excluding carboxylic acids is 1. The van der Waals surface area contributed by atoms with E-state index in [0.29, 0.717) is 5.69 Å². The van der Waals surface area contributed by atoms with E-state index in [1.54, 1.807) is 12.5 Å². The highest BCUT2D eigenvalue weighted by Crippen LogP contribution is 2.25. The van der Waals surface area contributed by atoms with Gasteiger partial charge < -0.3 is 5.32 Å². The predicted octanol–water partition coefficient (Wildman–Crippen LogP) is 6.10. The van der Waals surface area contributed by atoms with Gasteiger partial charge in [-0.3, -0.25) is 9.36 Å². The lowest BCUT2D eigenvalue weighted by Crippen LogP contribution is -2.28. The largest absolute Gasteiger partial charge is 0.344 e. The Hall–Kier alpha value is -3.18. The summed E-state index contributed by atoms with van der Waals surface area (Å²) in [6.07, 6.45) is 3.26. The summed E-state index contributed by atoms with van der Waals surface area (Å²) in [7, 11) is 0. The number of imidazole rings is 1. The van der Waals surface area contributed by atoms with E-state index in [2.05, 4.69) is 57.4 Å². The van der Waals surface area contributed by atoms with Crippen molar-refractivity contribution in [1.29, 1.82) is 0 Å². The molecule has 4 nitrogen and oxygen atoms in total. The van der Waals surface area contributed by atoms with Gasteiger partial charge in [0.15, 0.2) is 0 Å². The van der Waals surface area contributed by atoms with Crippen LogP contribution in [0.2, 0.25) is 0 Å². The van der Waals surface area contributed by atoms with Gasteiger partial charge in [0.2, 0.25) is 0 Å². The molecule has 1 N–H and O–H groups in total. The van der Waals surface area contributed by atoms with Gasteiger partial charge in [-0.2, -0.15) is 0 Å². The summed E-state index contributed by atoms with van der Waals surface area (Å²) in [5.41, 5.74) is 6.02. The van der Waals surface area contributed by atoms with E-state index in [1.165, 1.54) is 11.1 Å². The molecule has 1 amide bonds. The first-order chi connectivity index (χ1) is 14.5. The van der Waals surface area contributed by atoms with E-state index in [4.69, 9.17) is 0 Å². The molecule has 0 fully saturated rings. The second-order valence-electron chi connectivity index (χ2n) is 7.26. The third-order valence-electron chi connectivity index (χ3n) is 5.19. The molecule has 0 aliphatic heterocycles. The van der Waals surface area contributed by atoms with Crippen LogP contribution in [0.25, 0.3) is 16.8 Å². The van der Waals surface area contributed by atoms with Gasteiger partial charge in [0.1, 0.15) is 5.69 Å². The number of aryl methyl sites for hydroxylation is 1. The number of rotatable bonds is 5.